The van der Waals surface area contributed by atoms with Gasteiger partial charge in [-0.05, 0) is 46.4 Å². The average molecular weight is 373 g/mol. The van der Waals surface area contributed by atoms with Crippen LogP contribution < -0.4 is 4.74 Å². The van der Waals surface area contributed by atoms with Crippen LogP contribution in [0.1, 0.15) is 16.7 Å². The fourth-order valence-electron chi connectivity index (χ4n) is 3.50. The maximum Gasteiger partial charge on any atom is 0.410 e. The molecule has 1 heterocycles. The minimum atomic E-state index is -0.258. The largest absolute Gasteiger partial charge is 0.497 e. The lowest BCUT2D eigenvalue weighted by molar-refractivity contribution is 0.0919. The zero-order valence-corrected chi connectivity index (χ0v) is 15.9. The lowest BCUT2D eigenvalue weighted by Gasteiger charge is -2.28. The lowest BCUT2D eigenvalue weighted by atomic mass is 9.94. The van der Waals surface area contributed by atoms with Crippen molar-refractivity contribution >= 4 is 6.09 Å². The van der Waals surface area contributed by atoms with E-state index in [4.69, 9.17) is 9.47 Å². The Morgan fingerprint density at radius 2 is 1.75 bits per heavy atom. The monoisotopic (exact) mass is 373 g/mol. The summed E-state index contributed by atoms with van der Waals surface area (Å²) in [6.45, 7) is 1.56. The fraction of sp³-hybridized carbons (Fsp3) is 0.208. The lowest BCUT2D eigenvalue weighted by Crippen LogP contribution is -2.36. The van der Waals surface area contributed by atoms with Gasteiger partial charge in [0.15, 0.2) is 0 Å². The van der Waals surface area contributed by atoms with Gasteiger partial charge in [0.2, 0.25) is 0 Å². The summed E-state index contributed by atoms with van der Waals surface area (Å²) in [6, 6.07) is 24.3. The number of fused-ring (bicyclic) bond motifs is 1. The van der Waals surface area contributed by atoms with Crippen LogP contribution in [0.2, 0.25) is 0 Å². The highest BCUT2D eigenvalue weighted by Crippen LogP contribution is 2.28. The molecule has 0 bridgehead atoms. The SMILES string of the molecule is COc1cccc(-c2ccc3c(c2)CCN(C(=O)OCc2ccccc2)C3)c1. The van der Waals surface area contributed by atoms with E-state index in [-0.39, 0.29) is 6.09 Å². The Morgan fingerprint density at radius 3 is 2.57 bits per heavy atom. The van der Waals surface area contributed by atoms with E-state index in [1.807, 2.05) is 48.5 Å². The van der Waals surface area contributed by atoms with E-state index in [1.54, 1.807) is 12.0 Å². The number of methoxy groups -OCH3 is 1. The van der Waals surface area contributed by atoms with Gasteiger partial charge in [-0.3, -0.25) is 0 Å². The van der Waals surface area contributed by atoms with Crippen molar-refractivity contribution in [1.29, 1.82) is 0 Å². The molecule has 0 spiro atoms. The van der Waals surface area contributed by atoms with E-state index in [9.17, 15) is 4.79 Å². The predicted molar refractivity (Wildman–Crippen MR) is 109 cm³/mol. The predicted octanol–water partition coefficient (Wildman–Crippen LogP) is 5.06. The molecule has 1 aliphatic heterocycles. The summed E-state index contributed by atoms with van der Waals surface area (Å²) in [5, 5.41) is 0. The van der Waals surface area contributed by atoms with Crippen LogP contribution in [0, 0.1) is 0 Å². The molecular formula is C24H23NO3. The molecule has 1 aliphatic rings. The van der Waals surface area contributed by atoms with Crippen molar-refractivity contribution < 1.29 is 14.3 Å². The topological polar surface area (TPSA) is 38.8 Å². The highest BCUT2D eigenvalue weighted by molar-refractivity contribution is 5.70. The smallest absolute Gasteiger partial charge is 0.410 e. The number of nitrogens with zero attached hydrogens (tertiary/aromatic N) is 1. The Bertz CT molecular complexity index is 969. The third-order valence-corrected chi connectivity index (χ3v) is 5.08. The first kappa shape index (κ1) is 18.1. The van der Waals surface area contributed by atoms with E-state index in [0.29, 0.717) is 19.7 Å². The van der Waals surface area contributed by atoms with E-state index in [0.717, 1.165) is 28.9 Å². The molecule has 0 radical (unpaired) electrons. The van der Waals surface area contributed by atoms with Gasteiger partial charge >= 0.3 is 6.09 Å². The van der Waals surface area contributed by atoms with Gasteiger partial charge in [0, 0.05) is 13.1 Å². The number of ether oxygens (including phenoxy) is 2. The molecule has 1 amide bonds. The zero-order chi connectivity index (χ0) is 19.3. The van der Waals surface area contributed by atoms with Crippen LogP contribution in [0.15, 0.2) is 72.8 Å². The van der Waals surface area contributed by atoms with Gasteiger partial charge in [-0.2, -0.15) is 0 Å². The van der Waals surface area contributed by atoms with Crippen LogP contribution >= 0.6 is 0 Å². The molecule has 4 nitrogen and oxygen atoms in total. The van der Waals surface area contributed by atoms with Gasteiger partial charge in [0.05, 0.1) is 7.11 Å². The van der Waals surface area contributed by atoms with Crippen LogP contribution in [-0.2, 0) is 24.3 Å². The number of carbonyl (C=O) groups is 1. The van der Waals surface area contributed by atoms with Crippen molar-refractivity contribution in [3.63, 3.8) is 0 Å². The first-order valence-corrected chi connectivity index (χ1v) is 9.45. The highest BCUT2D eigenvalue weighted by Gasteiger charge is 2.22. The summed E-state index contributed by atoms with van der Waals surface area (Å²) >= 11 is 0. The van der Waals surface area contributed by atoms with Crippen LogP contribution in [0.25, 0.3) is 11.1 Å². The second-order valence-electron chi connectivity index (χ2n) is 6.93. The summed E-state index contributed by atoms with van der Waals surface area (Å²) < 4.78 is 10.8. The molecule has 0 unspecified atom stereocenters. The van der Waals surface area contributed by atoms with Gasteiger partial charge < -0.3 is 14.4 Å². The first-order valence-electron chi connectivity index (χ1n) is 9.45. The maximum atomic E-state index is 12.4. The third-order valence-electron chi connectivity index (χ3n) is 5.08. The van der Waals surface area contributed by atoms with Crippen LogP contribution in [0.5, 0.6) is 5.75 Å². The number of carbonyl (C=O) groups excluding carboxylic acids is 1. The summed E-state index contributed by atoms with van der Waals surface area (Å²) in [7, 11) is 1.68. The second-order valence-corrected chi connectivity index (χ2v) is 6.93. The zero-order valence-electron chi connectivity index (χ0n) is 15.9. The highest BCUT2D eigenvalue weighted by atomic mass is 16.6. The molecule has 4 heteroatoms. The molecule has 0 N–H and O–H groups in total. The van der Waals surface area contributed by atoms with E-state index in [2.05, 4.69) is 24.3 Å². The Hall–Kier alpha value is -3.27. The van der Waals surface area contributed by atoms with Crippen molar-refractivity contribution in [3.8, 4) is 16.9 Å². The molecule has 0 saturated heterocycles. The van der Waals surface area contributed by atoms with Crippen molar-refractivity contribution in [2.24, 2.45) is 0 Å². The number of benzene rings is 3. The van der Waals surface area contributed by atoms with Crippen molar-refractivity contribution in [3.05, 3.63) is 89.5 Å². The molecule has 0 aromatic heterocycles. The number of rotatable bonds is 4. The van der Waals surface area contributed by atoms with E-state index >= 15 is 0 Å². The molecule has 28 heavy (non-hydrogen) atoms. The molecule has 0 atom stereocenters. The van der Waals surface area contributed by atoms with E-state index in [1.165, 1.54) is 11.1 Å². The molecular weight excluding hydrogens is 350 g/mol. The first-order chi connectivity index (χ1) is 13.7. The standard InChI is InChI=1S/C24H23NO3/c1-27-23-9-5-8-19(15-23)20-10-11-22-16-25(13-12-21(22)14-20)24(26)28-17-18-6-3-2-4-7-18/h2-11,14-15H,12-13,16-17H2,1H3. The molecule has 3 aromatic rings. The molecule has 0 fully saturated rings. The average Bonchev–Trinajstić information content (AvgIpc) is 2.77. The van der Waals surface area contributed by atoms with Gasteiger partial charge in [-0.15, -0.1) is 0 Å². The molecule has 142 valence electrons. The Kier molecular flexibility index (Phi) is 5.29. The Morgan fingerprint density at radius 1 is 0.929 bits per heavy atom. The number of hydrogen-bond donors (Lipinski definition) is 0. The van der Waals surface area contributed by atoms with Crippen molar-refractivity contribution in [2.75, 3.05) is 13.7 Å². The second kappa shape index (κ2) is 8.17. The minimum absolute atomic E-state index is 0.258. The maximum absolute atomic E-state index is 12.4. The summed E-state index contributed by atoms with van der Waals surface area (Å²) in [5.74, 6) is 0.850. The van der Waals surface area contributed by atoms with Crippen LogP contribution in [0.4, 0.5) is 4.79 Å². The van der Waals surface area contributed by atoms with Gasteiger partial charge in [-0.25, -0.2) is 4.79 Å². The summed E-state index contributed by atoms with van der Waals surface area (Å²) in [4.78, 5) is 14.2. The molecule has 4 rings (SSSR count). The van der Waals surface area contributed by atoms with Gasteiger partial charge in [-0.1, -0.05) is 60.7 Å². The van der Waals surface area contributed by atoms with Gasteiger partial charge in [0.25, 0.3) is 0 Å². The Labute approximate surface area is 165 Å². The van der Waals surface area contributed by atoms with Crippen LogP contribution in [0.3, 0.4) is 0 Å². The molecule has 3 aromatic carbocycles. The normalized spacial score (nSPS) is 13.0. The molecule has 0 saturated carbocycles. The summed E-state index contributed by atoms with van der Waals surface area (Å²) in [5.41, 5.74) is 5.75. The quantitative estimate of drug-likeness (QED) is 0.642. The Balaban J connectivity index is 1.43. The van der Waals surface area contributed by atoms with E-state index < -0.39 is 0 Å². The molecule has 0 aliphatic carbocycles. The van der Waals surface area contributed by atoms with Crippen molar-refractivity contribution in [2.45, 2.75) is 19.6 Å². The number of amides is 1. The summed E-state index contributed by atoms with van der Waals surface area (Å²) in [6.07, 6.45) is 0.569. The minimum Gasteiger partial charge on any atom is -0.497 e. The van der Waals surface area contributed by atoms with Crippen molar-refractivity contribution in [1.82, 2.24) is 4.90 Å². The fourth-order valence-corrected chi connectivity index (χ4v) is 3.50. The number of hydrogen-bond acceptors (Lipinski definition) is 3. The van der Waals surface area contributed by atoms with Gasteiger partial charge in [0.1, 0.15) is 12.4 Å². The third kappa shape index (κ3) is 4.01. The van der Waals surface area contributed by atoms with Crippen LogP contribution in [-0.4, -0.2) is 24.6 Å².